The molecule has 0 unspecified atom stereocenters. The molecule has 2 heterocycles. The van der Waals surface area contributed by atoms with Crippen LogP contribution in [0.25, 0.3) is 0 Å². The number of anilines is 3. The number of phenolic OH excluding ortho intramolecular Hbond substituents is 1. The summed E-state index contributed by atoms with van der Waals surface area (Å²) < 4.78 is 26.1. The van der Waals surface area contributed by atoms with Gasteiger partial charge in [0.1, 0.15) is 12.3 Å². The standard InChI is InChI=1S/C17H18F2N6O2S/c1-8-4-5-11(26)10(3)13(8)20-15(27)16-22-23-17(28-16)21-14-9(2)6-25(24-14)7-12(18)19/h4-6,12,26H,7H2,1-3H3,(H,20,27)(H,21,23,24). The van der Waals surface area contributed by atoms with Crippen LogP contribution in [0, 0.1) is 20.8 Å². The van der Waals surface area contributed by atoms with E-state index < -0.39 is 18.9 Å². The second kappa shape index (κ2) is 7.89. The fourth-order valence-corrected chi connectivity index (χ4v) is 3.18. The Morgan fingerprint density at radius 2 is 2.00 bits per heavy atom. The molecule has 28 heavy (non-hydrogen) atoms. The maximum absolute atomic E-state index is 12.5. The number of carbonyl (C=O) groups excluding carboxylic acids is 1. The van der Waals surface area contributed by atoms with Crippen LogP contribution in [0.5, 0.6) is 5.75 Å². The largest absolute Gasteiger partial charge is 0.508 e. The number of rotatable bonds is 6. The number of amides is 1. The van der Waals surface area contributed by atoms with Gasteiger partial charge in [-0.05, 0) is 32.4 Å². The second-order valence-electron chi connectivity index (χ2n) is 6.17. The van der Waals surface area contributed by atoms with Gasteiger partial charge < -0.3 is 15.7 Å². The van der Waals surface area contributed by atoms with Crippen LogP contribution >= 0.6 is 11.3 Å². The maximum Gasteiger partial charge on any atom is 0.286 e. The predicted octanol–water partition coefficient (Wildman–Crippen LogP) is 3.63. The van der Waals surface area contributed by atoms with E-state index in [1.807, 2.05) is 6.92 Å². The summed E-state index contributed by atoms with van der Waals surface area (Å²) in [6.07, 6.45) is -1.01. The van der Waals surface area contributed by atoms with Crippen LogP contribution in [0.3, 0.4) is 0 Å². The molecule has 8 nitrogen and oxygen atoms in total. The Labute approximate surface area is 163 Å². The molecule has 3 N–H and O–H groups in total. The third kappa shape index (κ3) is 4.25. The van der Waals surface area contributed by atoms with Crippen molar-refractivity contribution < 1.29 is 18.7 Å². The number of aromatic hydroxyl groups is 1. The average Bonchev–Trinajstić information content (AvgIpc) is 3.22. The van der Waals surface area contributed by atoms with E-state index in [0.29, 0.717) is 27.8 Å². The number of hydrogen-bond donors (Lipinski definition) is 3. The normalized spacial score (nSPS) is 11.1. The van der Waals surface area contributed by atoms with Gasteiger partial charge in [0.2, 0.25) is 10.1 Å². The maximum atomic E-state index is 12.5. The minimum absolute atomic E-state index is 0.0791. The van der Waals surface area contributed by atoms with Crippen molar-refractivity contribution in [3.63, 3.8) is 0 Å². The minimum atomic E-state index is -2.51. The molecule has 2 aromatic heterocycles. The number of aromatic nitrogens is 4. The van der Waals surface area contributed by atoms with Crippen LogP contribution in [-0.2, 0) is 6.54 Å². The molecule has 0 spiro atoms. The van der Waals surface area contributed by atoms with E-state index in [0.717, 1.165) is 21.6 Å². The lowest BCUT2D eigenvalue weighted by Crippen LogP contribution is -2.13. The summed E-state index contributed by atoms with van der Waals surface area (Å²) in [6, 6.07) is 3.26. The summed E-state index contributed by atoms with van der Waals surface area (Å²) in [5.74, 6) is -0.0268. The van der Waals surface area contributed by atoms with E-state index >= 15 is 0 Å². The molecule has 0 radical (unpaired) electrons. The summed E-state index contributed by atoms with van der Waals surface area (Å²) >= 11 is 0.998. The monoisotopic (exact) mass is 408 g/mol. The van der Waals surface area contributed by atoms with Gasteiger partial charge in [0.25, 0.3) is 12.3 Å². The van der Waals surface area contributed by atoms with Gasteiger partial charge in [-0.3, -0.25) is 9.48 Å². The summed E-state index contributed by atoms with van der Waals surface area (Å²) in [5, 5.41) is 27.6. The second-order valence-corrected chi connectivity index (χ2v) is 7.14. The first-order chi connectivity index (χ1) is 13.2. The number of phenols is 1. The summed E-state index contributed by atoms with van der Waals surface area (Å²) in [7, 11) is 0. The van der Waals surface area contributed by atoms with Crippen molar-refractivity contribution in [1.82, 2.24) is 20.0 Å². The molecule has 148 valence electrons. The third-order valence-corrected chi connectivity index (χ3v) is 4.84. The molecule has 3 aromatic rings. The first kappa shape index (κ1) is 19.7. The Morgan fingerprint density at radius 1 is 1.25 bits per heavy atom. The number of nitrogens with one attached hydrogen (secondary N) is 2. The van der Waals surface area contributed by atoms with Gasteiger partial charge >= 0.3 is 0 Å². The van der Waals surface area contributed by atoms with Gasteiger partial charge in [0.15, 0.2) is 5.82 Å². The Morgan fingerprint density at radius 3 is 2.71 bits per heavy atom. The molecular weight excluding hydrogens is 390 g/mol. The number of nitrogens with zero attached hydrogens (tertiary/aromatic N) is 4. The minimum Gasteiger partial charge on any atom is -0.508 e. The van der Waals surface area contributed by atoms with E-state index in [4.69, 9.17) is 0 Å². The van der Waals surface area contributed by atoms with Gasteiger partial charge in [-0.2, -0.15) is 5.10 Å². The highest BCUT2D eigenvalue weighted by molar-refractivity contribution is 7.17. The number of benzene rings is 1. The Kier molecular flexibility index (Phi) is 5.54. The Hall–Kier alpha value is -3.08. The highest BCUT2D eigenvalue weighted by Gasteiger charge is 2.17. The number of alkyl halides is 2. The topological polar surface area (TPSA) is 105 Å². The van der Waals surface area contributed by atoms with Crippen molar-refractivity contribution in [1.29, 1.82) is 0 Å². The van der Waals surface area contributed by atoms with Crippen LogP contribution in [0.1, 0.15) is 26.5 Å². The predicted molar refractivity (Wildman–Crippen MR) is 102 cm³/mol. The van der Waals surface area contributed by atoms with Crippen molar-refractivity contribution in [2.24, 2.45) is 0 Å². The van der Waals surface area contributed by atoms with Gasteiger partial charge in [-0.1, -0.05) is 17.4 Å². The molecule has 0 aliphatic rings. The van der Waals surface area contributed by atoms with Crippen LogP contribution < -0.4 is 10.6 Å². The zero-order valence-electron chi connectivity index (χ0n) is 15.3. The van der Waals surface area contributed by atoms with E-state index in [1.165, 1.54) is 6.20 Å². The zero-order valence-corrected chi connectivity index (χ0v) is 16.1. The summed E-state index contributed by atoms with van der Waals surface area (Å²) in [5.41, 5.74) is 2.52. The fourth-order valence-electron chi connectivity index (χ4n) is 2.54. The first-order valence-electron chi connectivity index (χ1n) is 8.28. The molecule has 0 fully saturated rings. The van der Waals surface area contributed by atoms with Crippen molar-refractivity contribution in [2.75, 3.05) is 10.6 Å². The van der Waals surface area contributed by atoms with Crippen molar-refractivity contribution in [2.45, 2.75) is 33.7 Å². The van der Waals surface area contributed by atoms with Crippen molar-refractivity contribution in [3.8, 4) is 5.75 Å². The van der Waals surface area contributed by atoms with Crippen molar-refractivity contribution >= 4 is 33.9 Å². The highest BCUT2D eigenvalue weighted by Crippen LogP contribution is 2.29. The fraction of sp³-hybridized carbons (Fsp3) is 0.294. The molecule has 0 saturated heterocycles. The van der Waals surface area contributed by atoms with Crippen LogP contribution in [0.2, 0.25) is 0 Å². The molecule has 0 aliphatic heterocycles. The first-order valence-corrected chi connectivity index (χ1v) is 9.09. The highest BCUT2D eigenvalue weighted by atomic mass is 32.1. The average molecular weight is 408 g/mol. The number of halogens is 2. The molecule has 1 aromatic carbocycles. The van der Waals surface area contributed by atoms with Gasteiger partial charge in [0.05, 0.1) is 5.69 Å². The number of aryl methyl sites for hydroxylation is 2. The van der Waals surface area contributed by atoms with E-state index in [-0.39, 0.29) is 10.8 Å². The Balaban J connectivity index is 1.73. The smallest absolute Gasteiger partial charge is 0.286 e. The molecular formula is C17H18F2N6O2S. The van der Waals surface area contributed by atoms with E-state index in [1.54, 1.807) is 26.0 Å². The van der Waals surface area contributed by atoms with Crippen LogP contribution in [-0.4, -0.2) is 37.4 Å². The Bertz CT molecular complexity index is 1020. The lowest BCUT2D eigenvalue weighted by Gasteiger charge is -2.11. The molecule has 1 amide bonds. The van der Waals surface area contributed by atoms with Crippen molar-refractivity contribution in [3.05, 3.63) is 40.0 Å². The third-order valence-electron chi connectivity index (χ3n) is 4.00. The zero-order chi connectivity index (χ0) is 20.4. The van der Waals surface area contributed by atoms with Crippen LogP contribution in [0.15, 0.2) is 18.3 Å². The molecule has 0 saturated carbocycles. The SMILES string of the molecule is Cc1cn(CC(F)F)nc1Nc1nnc(C(=O)Nc2c(C)ccc(O)c2C)s1. The molecule has 11 heteroatoms. The van der Waals surface area contributed by atoms with E-state index in [9.17, 15) is 18.7 Å². The van der Waals surface area contributed by atoms with Gasteiger partial charge in [0, 0.05) is 17.3 Å². The summed E-state index contributed by atoms with van der Waals surface area (Å²) in [4.78, 5) is 12.5. The van der Waals surface area contributed by atoms with Crippen LogP contribution in [0.4, 0.5) is 25.4 Å². The quantitative estimate of drug-likeness (QED) is 0.575. The molecule has 3 rings (SSSR count). The number of carbonyl (C=O) groups is 1. The lowest BCUT2D eigenvalue weighted by molar-refractivity contribution is 0.102. The van der Waals surface area contributed by atoms with Gasteiger partial charge in [-0.25, -0.2) is 8.78 Å². The summed E-state index contributed by atoms with van der Waals surface area (Å²) in [6.45, 7) is 4.73. The van der Waals surface area contributed by atoms with Gasteiger partial charge in [-0.15, -0.1) is 10.2 Å². The number of hydrogen-bond acceptors (Lipinski definition) is 7. The van der Waals surface area contributed by atoms with E-state index in [2.05, 4.69) is 25.9 Å². The molecule has 0 atom stereocenters. The molecule has 0 aliphatic carbocycles. The molecule has 0 bridgehead atoms. The lowest BCUT2D eigenvalue weighted by atomic mass is 10.1.